The van der Waals surface area contributed by atoms with Gasteiger partial charge in [0.1, 0.15) is 5.75 Å². The van der Waals surface area contributed by atoms with Crippen molar-refractivity contribution in [2.75, 3.05) is 5.32 Å². The fourth-order valence-corrected chi connectivity index (χ4v) is 1.37. The maximum atomic E-state index is 12.9. The molecule has 3 nitrogen and oxygen atoms in total. The second-order valence-corrected chi connectivity index (χ2v) is 3.58. The molecule has 2 aromatic carbocycles. The molecular weight excluding hydrogens is 283 g/mol. The normalized spacial score (nSPS) is 9.38. The first-order valence-electron chi connectivity index (χ1n) is 6.24. The molecular formula is C15H14F3NO2. The van der Waals surface area contributed by atoms with Crippen LogP contribution in [-0.2, 0) is 0 Å². The summed E-state index contributed by atoms with van der Waals surface area (Å²) in [6.07, 6.45) is -0.934. The number of amides is 1. The van der Waals surface area contributed by atoms with Crippen molar-refractivity contribution in [3.63, 3.8) is 0 Å². The van der Waals surface area contributed by atoms with Gasteiger partial charge in [-0.3, -0.25) is 5.32 Å². The molecule has 112 valence electrons. The van der Waals surface area contributed by atoms with Gasteiger partial charge in [-0.2, -0.15) is 0 Å². The van der Waals surface area contributed by atoms with Gasteiger partial charge >= 0.3 is 6.09 Å². The highest BCUT2D eigenvalue weighted by Gasteiger charge is 2.12. The summed E-state index contributed by atoms with van der Waals surface area (Å²) in [5.74, 6) is -4.12. The van der Waals surface area contributed by atoms with Crippen LogP contribution in [-0.4, -0.2) is 6.09 Å². The molecule has 0 saturated carbocycles. The van der Waals surface area contributed by atoms with E-state index in [1.807, 2.05) is 13.8 Å². The lowest BCUT2D eigenvalue weighted by molar-refractivity contribution is 0.215. The van der Waals surface area contributed by atoms with Gasteiger partial charge in [0.15, 0.2) is 17.5 Å². The van der Waals surface area contributed by atoms with Crippen LogP contribution in [0, 0.1) is 17.5 Å². The molecule has 0 atom stereocenters. The molecule has 0 radical (unpaired) electrons. The van der Waals surface area contributed by atoms with Crippen molar-refractivity contribution >= 4 is 11.8 Å². The van der Waals surface area contributed by atoms with E-state index in [1.54, 1.807) is 18.2 Å². The zero-order valence-corrected chi connectivity index (χ0v) is 11.5. The third-order valence-corrected chi connectivity index (χ3v) is 2.18. The van der Waals surface area contributed by atoms with Crippen LogP contribution in [0.2, 0.25) is 0 Å². The number of hydrogen-bond donors (Lipinski definition) is 1. The Morgan fingerprint density at radius 1 is 1.00 bits per heavy atom. The number of nitrogens with one attached hydrogen (secondary N) is 1. The van der Waals surface area contributed by atoms with E-state index in [2.05, 4.69) is 5.32 Å². The summed E-state index contributed by atoms with van der Waals surface area (Å²) in [4.78, 5) is 11.4. The van der Waals surface area contributed by atoms with Crippen molar-refractivity contribution < 1.29 is 22.7 Å². The predicted octanol–water partition coefficient (Wildman–Crippen LogP) is 4.74. The third-order valence-electron chi connectivity index (χ3n) is 2.18. The second kappa shape index (κ2) is 7.94. The minimum Gasteiger partial charge on any atom is -0.410 e. The van der Waals surface area contributed by atoms with E-state index < -0.39 is 23.5 Å². The van der Waals surface area contributed by atoms with E-state index in [-0.39, 0.29) is 11.4 Å². The molecule has 2 rings (SSSR count). The highest BCUT2D eigenvalue weighted by atomic mass is 19.2. The molecule has 2 aromatic rings. The van der Waals surface area contributed by atoms with Crippen molar-refractivity contribution in [2.45, 2.75) is 13.8 Å². The highest BCUT2D eigenvalue weighted by Crippen LogP contribution is 2.18. The van der Waals surface area contributed by atoms with Gasteiger partial charge in [0.05, 0.1) is 5.69 Å². The number of anilines is 1. The number of para-hydroxylation sites is 1. The topological polar surface area (TPSA) is 38.3 Å². The molecule has 0 aliphatic heterocycles. The van der Waals surface area contributed by atoms with Crippen LogP contribution in [0.1, 0.15) is 13.8 Å². The van der Waals surface area contributed by atoms with E-state index in [0.29, 0.717) is 12.1 Å². The van der Waals surface area contributed by atoms with Crippen molar-refractivity contribution in [3.05, 3.63) is 59.9 Å². The van der Waals surface area contributed by atoms with Gasteiger partial charge in [-0.15, -0.1) is 0 Å². The Balaban J connectivity index is 0.00000106. The Labute approximate surface area is 120 Å². The zero-order valence-electron chi connectivity index (χ0n) is 11.5. The molecule has 0 bridgehead atoms. The SMILES string of the molecule is CC.O=C(Nc1cc(F)c(F)c(F)c1)Oc1ccccc1. The van der Waals surface area contributed by atoms with Crippen LogP contribution in [0.5, 0.6) is 5.75 Å². The first-order chi connectivity index (χ1) is 10.1. The number of hydrogen-bond acceptors (Lipinski definition) is 2. The Morgan fingerprint density at radius 3 is 2.05 bits per heavy atom. The van der Waals surface area contributed by atoms with Crippen molar-refractivity contribution in [3.8, 4) is 5.75 Å². The maximum absolute atomic E-state index is 12.9. The van der Waals surface area contributed by atoms with Crippen LogP contribution in [0.25, 0.3) is 0 Å². The quantitative estimate of drug-likeness (QED) is 0.813. The van der Waals surface area contributed by atoms with Crippen molar-refractivity contribution in [2.24, 2.45) is 0 Å². The lowest BCUT2D eigenvalue weighted by atomic mass is 10.3. The van der Waals surface area contributed by atoms with Gasteiger partial charge < -0.3 is 4.74 Å². The second-order valence-electron chi connectivity index (χ2n) is 3.58. The molecule has 1 N–H and O–H groups in total. The summed E-state index contributed by atoms with van der Waals surface area (Å²) < 4.78 is 43.4. The van der Waals surface area contributed by atoms with Gasteiger partial charge in [-0.05, 0) is 12.1 Å². The number of benzene rings is 2. The number of rotatable bonds is 2. The standard InChI is InChI=1S/C13H8F3NO2.C2H6/c14-10-6-8(7-11(15)12(10)16)17-13(18)19-9-4-2-1-3-5-9;1-2/h1-7H,(H,17,18);1-2H3. The fraction of sp³-hybridized carbons (Fsp3) is 0.133. The summed E-state index contributed by atoms with van der Waals surface area (Å²) in [7, 11) is 0. The van der Waals surface area contributed by atoms with Gasteiger partial charge in [-0.25, -0.2) is 18.0 Å². The maximum Gasteiger partial charge on any atom is 0.417 e. The third kappa shape index (κ3) is 4.83. The van der Waals surface area contributed by atoms with Crippen LogP contribution >= 0.6 is 0 Å². The van der Waals surface area contributed by atoms with E-state index in [4.69, 9.17) is 4.74 Å². The Hall–Kier alpha value is -2.50. The average Bonchev–Trinajstić information content (AvgIpc) is 2.47. The Kier molecular flexibility index (Phi) is 6.26. The van der Waals surface area contributed by atoms with E-state index >= 15 is 0 Å². The molecule has 0 aliphatic rings. The summed E-state index contributed by atoms with van der Waals surface area (Å²) in [6, 6.07) is 9.42. The summed E-state index contributed by atoms with van der Waals surface area (Å²) in [6.45, 7) is 4.00. The molecule has 0 spiro atoms. The minimum absolute atomic E-state index is 0.239. The smallest absolute Gasteiger partial charge is 0.410 e. The number of halogens is 3. The van der Waals surface area contributed by atoms with Gasteiger partial charge in [0, 0.05) is 12.1 Å². The largest absolute Gasteiger partial charge is 0.417 e. The highest BCUT2D eigenvalue weighted by molar-refractivity contribution is 5.86. The Morgan fingerprint density at radius 2 is 1.52 bits per heavy atom. The zero-order chi connectivity index (χ0) is 15.8. The first-order valence-corrected chi connectivity index (χ1v) is 6.24. The van der Waals surface area contributed by atoms with Crippen LogP contribution in [0.15, 0.2) is 42.5 Å². The molecule has 1 amide bonds. The molecule has 0 aliphatic carbocycles. The fourth-order valence-electron chi connectivity index (χ4n) is 1.37. The number of ether oxygens (including phenoxy) is 1. The molecule has 6 heteroatoms. The lowest BCUT2D eigenvalue weighted by Gasteiger charge is -2.07. The van der Waals surface area contributed by atoms with E-state index in [1.165, 1.54) is 12.1 Å². The van der Waals surface area contributed by atoms with Crippen LogP contribution < -0.4 is 10.1 Å². The summed E-state index contributed by atoms with van der Waals surface area (Å²) in [5.41, 5.74) is -0.239. The summed E-state index contributed by atoms with van der Waals surface area (Å²) in [5, 5.41) is 2.09. The first kappa shape index (κ1) is 16.6. The van der Waals surface area contributed by atoms with Crippen LogP contribution in [0.3, 0.4) is 0 Å². The minimum atomic E-state index is -1.60. The van der Waals surface area contributed by atoms with Crippen molar-refractivity contribution in [1.82, 2.24) is 0 Å². The molecule has 0 heterocycles. The monoisotopic (exact) mass is 297 g/mol. The van der Waals surface area contributed by atoms with Gasteiger partial charge in [0.25, 0.3) is 0 Å². The van der Waals surface area contributed by atoms with Gasteiger partial charge in [0.2, 0.25) is 0 Å². The average molecular weight is 297 g/mol. The number of carbonyl (C=O) groups excluding carboxylic acids is 1. The molecule has 0 saturated heterocycles. The van der Waals surface area contributed by atoms with E-state index in [0.717, 1.165) is 0 Å². The summed E-state index contributed by atoms with van der Waals surface area (Å²) >= 11 is 0. The molecule has 0 unspecified atom stereocenters. The Bertz CT molecular complexity index is 580. The molecule has 21 heavy (non-hydrogen) atoms. The van der Waals surface area contributed by atoms with Gasteiger partial charge in [-0.1, -0.05) is 32.0 Å². The predicted molar refractivity (Wildman–Crippen MR) is 73.8 cm³/mol. The van der Waals surface area contributed by atoms with Crippen LogP contribution in [0.4, 0.5) is 23.7 Å². The lowest BCUT2D eigenvalue weighted by Crippen LogP contribution is -2.17. The van der Waals surface area contributed by atoms with E-state index in [9.17, 15) is 18.0 Å². The van der Waals surface area contributed by atoms with Crippen molar-refractivity contribution in [1.29, 1.82) is 0 Å². The molecule has 0 fully saturated rings. The molecule has 0 aromatic heterocycles. The number of carbonyl (C=O) groups is 1.